The number of nitrogens with one attached hydrogen (secondary N) is 2. The fraction of sp³-hybridized carbons (Fsp3) is 0. The summed E-state index contributed by atoms with van der Waals surface area (Å²) >= 11 is 3.35. The number of hydrogen-bond donors (Lipinski definition) is 2. The van der Waals surface area contributed by atoms with E-state index >= 15 is 0 Å². The predicted octanol–water partition coefficient (Wildman–Crippen LogP) is 2.07. The second-order valence-electron chi connectivity index (χ2n) is 3.69. The number of hydrogen-bond acceptors (Lipinski definition) is 3. The Balaban J connectivity index is 1.92. The zero-order valence-corrected chi connectivity index (χ0v) is 10.7. The highest BCUT2D eigenvalue weighted by Crippen LogP contribution is 2.14. The van der Waals surface area contributed by atoms with Crippen molar-refractivity contribution in [1.29, 1.82) is 0 Å². The van der Waals surface area contributed by atoms with Gasteiger partial charge in [-0.2, -0.15) is 10.2 Å². The van der Waals surface area contributed by atoms with E-state index in [1.54, 1.807) is 23.0 Å². The van der Waals surface area contributed by atoms with Gasteiger partial charge in [0.25, 0.3) is 5.91 Å². The Hall–Kier alpha value is -2.15. The molecule has 6 nitrogen and oxygen atoms in total. The van der Waals surface area contributed by atoms with Crippen molar-refractivity contribution in [2.45, 2.75) is 0 Å². The van der Waals surface area contributed by atoms with E-state index in [1.165, 1.54) is 6.20 Å². The fourth-order valence-corrected chi connectivity index (χ4v) is 1.91. The van der Waals surface area contributed by atoms with Crippen LogP contribution in [0.3, 0.4) is 0 Å². The zero-order valence-electron chi connectivity index (χ0n) is 9.09. The first kappa shape index (κ1) is 11.0. The van der Waals surface area contributed by atoms with E-state index in [-0.39, 0.29) is 5.91 Å². The van der Waals surface area contributed by atoms with Gasteiger partial charge in [-0.15, -0.1) is 0 Å². The molecule has 0 unspecified atom stereocenters. The molecule has 0 aromatic carbocycles. The van der Waals surface area contributed by atoms with E-state index in [1.807, 2.05) is 12.1 Å². The number of halogens is 1. The molecular weight excluding hydrogens is 298 g/mol. The summed E-state index contributed by atoms with van der Waals surface area (Å²) in [6, 6.07) is 5.50. The molecule has 0 saturated heterocycles. The number of carbonyl (C=O) groups excluding carboxylic acids is 1. The van der Waals surface area contributed by atoms with Gasteiger partial charge >= 0.3 is 0 Å². The highest BCUT2D eigenvalue weighted by Gasteiger charge is 2.11. The van der Waals surface area contributed by atoms with Gasteiger partial charge in [0.15, 0.2) is 5.69 Å². The van der Waals surface area contributed by atoms with Gasteiger partial charge in [0.1, 0.15) is 0 Å². The van der Waals surface area contributed by atoms with Crippen LogP contribution in [0.25, 0.3) is 5.52 Å². The largest absolute Gasteiger partial charge is 0.318 e. The summed E-state index contributed by atoms with van der Waals surface area (Å²) in [5.74, 6) is -0.267. The van der Waals surface area contributed by atoms with Crippen LogP contribution in [0, 0.1) is 0 Å². The summed E-state index contributed by atoms with van der Waals surface area (Å²) in [6.45, 7) is 0. The summed E-state index contributed by atoms with van der Waals surface area (Å²) in [4.78, 5) is 11.9. The van der Waals surface area contributed by atoms with E-state index in [2.05, 4.69) is 36.5 Å². The third-order valence-corrected chi connectivity index (χ3v) is 2.88. The number of aromatic amines is 1. The van der Waals surface area contributed by atoms with Crippen LogP contribution < -0.4 is 5.32 Å². The number of fused-ring (bicyclic) bond motifs is 1. The molecule has 90 valence electrons. The number of pyridine rings is 1. The molecule has 0 radical (unpaired) electrons. The molecule has 0 aliphatic heterocycles. The van der Waals surface area contributed by atoms with Crippen molar-refractivity contribution in [2.75, 3.05) is 5.32 Å². The quantitative estimate of drug-likeness (QED) is 0.761. The van der Waals surface area contributed by atoms with Gasteiger partial charge in [-0.1, -0.05) is 0 Å². The van der Waals surface area contributed by atoms with E-state index in [9.17, 15) is 4.79 Å². The monoisotopic (exact) mass is 305 g/mol. The molecule has 0 atom stereocenters. The van der Waals surface area contributed by atoms with Crippen LogP contribution in [0.15, 0.2) is 41.3 Å². The fourth-order valence-electron chi connectivity index (χ4n) is 1.59. The van der Waals surface area contributed by atoms with Gasteiger partial charge in [0, 0.05) is 16.9 Å². The summed E-state index contributed by atoms with van der Waals surface area (Å²) in [7, 11) is 0. The molecule has 0 saturated carbocycles. The normalized spacial score (nSPS) is 10.7. The molecule has 0 bridgehead atoms. The number of aromatic nitrogens is 4. The second kappa shape index (κ2) is 4.26. The molecule has 2 N–H and O–H groups in total. The zero-order chi connectivity index (χ0) is 12.5. The molecule has 3 aromatic heterocycles. The van der Waals surface area contributed by atoms with Gasteiger partial charge in [-0.05, 0) is 34.1 Å². The lowest BCUT2D eigenvalue weighted by atomic mass is 10.3. The van der Waals surface area contributed by atoms with Crippen LogP contribution in [-0.2, 0) is 0 Å². The van der Waals surface area contributed by atoms with Gasteiger partial charge in [-0.25, -0.2) is 4.52 Å². The molecule has 1 amide bonds. The number of nitrogens with zero attached hydrogens (tertiary/aromatic N) is 3. The van der Waals surface area contributed by atoms with E-state index < -0.39 is 0 Å². The minimum atomic E-state index is -0.267. The lowest BCUT2D eigenvalue weighted by Crippen LogP contribution is -2.12. The Morgan fingerprint density at radius 1 is 1.44 bits per heavy atom. The van der Waals surface area contributed by atoms with Gasteiger partial charge in [-0.3, -0.25) is 9.89 Å². The number of anilines is 1. The van der Waals surface area contributed by atoms with Crippen LogP contribution in [0.2, 0.25) is 0 Å². The SMILES string of the molecule is O=C(Nc1cn[nH]c1)c1cc2ccc(Br)cn2n1. The van der Waals surface area contributed by atoms with Crippen molar-refractivity contribution >= 4 is 33.0 Å². The van der Waals surface area contributed by atoms with Crippen molar-refractivity contribution in [3.8, 4) is 0 Å². The Kier molecular flexibility index (Phi) is 2.60. The lowest BCUT2D eigenvalue weighted by molar-refractivity contribution is 0.102. The molecular formula is C11H8BrN5O. The van der Waals surface area contributed by atoms with Crippen LogP contribution in [0.4, 0.5) is 5.69 Å². The number of H-pyrrole nitrogens is 1. The van der Waals surface area contributed by atoms with Gasteiger partial charge in [0.2, 0.25) is 0 Å². The van der Waals surface area contributed by atoms with Crippen molar-refractivity contribution in [2.24, 2.45) is 0 Å². The second-order valence-corrected chi connectivity index (χ2v) is 4.60. The Labute approximate surface area is 110 Å². The molecule has 7 heteroatoms. The highest BCUT2D eigenvalue weighted by molar-refractivity contribution is 9.10. The Bertz CT molecular complexity index is 703. The van der Waals surface area contributed by atoms with Crippen LogP contribution in [0.1, 0.15) is 10.5 Å². The van der Waals surface area contributed by atoms with Crippen molar-refractivity contribution in [1.82, 2.24) is 19.8 Å². The maximum Gasteiger partial charge on any atom is 0.276 e. The first-order valence-electron chi connectivity index (χ1n) is 5.17. The first-order valence-corrected chi connectivity index (χ1v) is 5.97. The number of carbonyl (C=O) groups is 1. The number of rotatable bonds is 2. The van der Waals surface area contributed by atoms with Crippen molar-refractivity contribution < 1.29 is 4.79 Å². The molecule has 18 heavy (non-hydrogen) atoms. The van der Waals surface area contributed by atoms with Crippen LogP contribution in [0.5, 0.6) is 0 Å². The topological polar surface area (TPSA) is 75.1 Å². The third-order valence-electron chi connectivity index (χ3n) is 2.41. The predicted molar refractivity (Wildman–Crippen MR) is 69.4 cm³/mol. The number of amides is 1. The van der Waals surface area contributed by atoms with E-state index in [0.29, 0.717) is 11.4 Å². The average Bonchev–Trinajstić information content (AvgIpc) is 2.96. The molecule has 3 rings (SSSR count). The van der Waals surface area contributed by atoms with Crippen LogP contribution >= 0.6 is 15.9 Å². The Morgan fingerprint density at radius 3 is 3.11 bits per heavy atom. The lowest BCUT2D eigenvalue weighted by Gasteiger charge is -1.97. The standard InChI is InChI=1S/C11H8BrN5O/c12-7-1-2-9-3-10(16-17(9)6-7)11(18)15-8-4-13-14-5-8/h1-6H,(H,13,14)(H,15,18). The van der Waals surface area contributed by atoms with Crippen LogP contribution in [-0.4, -0.2) is 25.7 Å². The average molecular weight is 306 g/mol. The van der Waals surface area contributed by atoms with E-state index in [4.69, 9.17) is 0 Å². The smallest absolute Gasteiger partial charge is 0.276 e. The van der Waals surface area contributed by atoms with Gasteiger partial charge < -0.3 is 5.32 Å². The summed E-state index contributed by atoms with van der Waals surface area (Å²) in [5.41, 5.74) is 1.82. The minimum Gasteiger partial charge on any atom is -0.318 e. The highest BCUT2D eigenvalue weighted by atomic mass is 79.9. The molecule has 0 aliphatic rings. The van der Waals surface area contributed by atoms with E-state index in [0.717, 1.165) is 9.99 Å². The molecule has 3 heterocycles. The summed E-state index contributed by atoms with van der Waals surface area (Å²) in [5, 5.41) is 13.3. The summed E-state index contributed by atoms with van der Waals surface area (Å²) < 4.78 is 2.55. The van der Waals surface area contributed by atoms with Crippen molar-refractivity contribution in [3.63, 3.8) is 0 Å². The van der Waals surface area contributed by atoms with Gasteiger partial charge in [0.05, 0.1) is 17.4 Å². The minimum absolute atomic E-state index is 0.267. The molecule has 0 spiro atoms. The maximum absolute atomic E-state index is 11.9. The molecule has 3 aromatic rings. The first-order chi connectivity index (χ1) is 8.72. The molecule has 0 aliphatic carbocycles. The molecule has 0 fully saturated rings. The maximum atomic E-state index is 11.9. The Morgan fingerprint density at radius 2 is 2.33 bits per heavy atom. The van der Waals surface area contributed by atoms with Crippen molar-refractivity contribution in [3.05, 3.63) is 47.0 Å². The third kappa shape index (κ3) is 2.00. The summed E-state index contributed by atoms with van der Waals surface area (Å²) in [6.07, 6.45) is 4.93.